The minimum atomic E-state index is -0.841. The molecule has 5 heteroatoms. The van der Waals surface area contributed by atoms with Crippen molar-refractivity contribution < 1.29 is 9.90 Å². The van der Waals surface area contributed by atoms with E-state index < -0.39 is 5.97 Å². The Morgan fingerprint density at radius 1 is 1.28 bits per heavy atom. The van der Waals surface area contributed by atoms with Crippen LogP contribution in [0.5, 0.6) is 0 Å². The molecule has 3 nitrogen and oxygen atoms in total. The van der Waals surface area contributed by atoms with Gasteiger partial charge in [-0.25, -0.2) is 4.79 Å². The van der Waals surface area contributed by atoms with Crippen LogP contribution in [0.2, 0.25) is 0 Å². The fourth-order valence-corrected chi connectivity index (χ4v) is 3.38. The van der Waals surface area contributed by atoms with Gasteiger partial charge < -0.3 is 10.4 Å². The van der Waals surface area contributed by atoms with Crippen LogP contribution < -0.4 is 5.32 Å². The molecule has 0 fully saturated rings. The highest BCUT2D eigenvalue weighted by Gasteiger charge is 2.10. The van der Waals surface area contributed by atoms with Crippen molar-refractivity contribution >= 4 is 28.6 Å². The first kappa shape index (κ1) is 13.3. The largest absolute Gasteiger partial charge is 0.477 e. The van der Waals surface area contributed by atoms with Gasteiger partial charge in [-0.2, -0.15) is 0 Å². The van der Waals surface area contributed by atoms with E-state index in [2.05, 4.69) is 24.4 Å². The molecular formula is C13H15NO2S2. The fraction of sp³-hybridized carbons (Fsp3) is 0.308. The molecule has 2 rings (SSSR count). The first-order valence-corrected chi connectivity index (χ1v) is 7.48. The van der Waals surface area contributed by atoms with Gasteiger partial charge in [-0.15, -0.1) is 22.7 Å². The van der Waals surface area contributed by atoms with Crippen LogP contribution in [0.15, 0.2) is 23.6 Å². The second-order valence-electron chi connectivity index (χ2n) is 3.91. The second kappa shape index (κ2) is 6.13. The van der Waals surface area contributed by atoms with Crippen LogP contribution in [0, 0.1) is 0 Å². The van der Waals surface area contributed by atoms with E-state index in [-0.39, 0.29) is 0 Å². The van der Waals surface area contributed by atoms with Gasteiger partial charge in [0.2, 0.25) is 0 Å². The minimum Gasteiger partial charge on any atom is -0.477 e. The van der Waals surface area contributed by atoms with Crippen molar-refractivity contribution in [2.24, 2.45) is 0 Å². The third-order valence-electron chi connectivity index (χ3n) is 2.62. The van der Waals surface area contributed by atoms with E-state index in [0.29, 0.717) is 11.4 Å². The van der Waals surface area contributed by atoms with Crippen LogP contribution in [-0.2, 0) is 19.5 Å². The lowest BCUT2D eigenvalue weighted by Crippen LogP contribution is -2.13. The van der Waals surface area contributed by atoms with Crippen LogP contribution in [0.4, 0.5) is 0 Å². The number of aromatic carboxylic acids is 1. The lowest BCUT2D eigenvalue weighted by Gasteiger charge is -2.02. The topological polar surface area (TPSA) is 49.3 Å². The number of carboxylic acids is 1. The summed E-state index contributed by atoms with van der Waals surface area (Å²) < 4.78 is 0. The number of hydrogen-bond donors (Lipinski definition) is 2. The zero-order valence-corrected chi connectivity index (χ0v) is 11.7. The molecule has 0 radical (unpaired) electrons. The summed E-state index contributed by atoms with van der Waals surface area (Å²) in [5, 5.41) is 14.1. The third-order valence-corrected chi connectivity index (χ3v) is 4.80. The third kappa shape index (κ3) is 3.19. The number of aryl methyl sites for hydroxylation is 1. The first-order valence-electron chi connectivity index (χ1n) is 5.78. The van der Waals surface area contributed by atoms with E-state index in [0.717, 1.165) is 18.5 Å². The van der Waals surface area contributed by atoms with E-state index in [1.807, 2.05) is 11.4 Å². The maximum atomic E-state index is 10.9. The van der Waals surface area contributed by atoms with Crippen LogP contribution in [0.25, 0.3) is 0 Å². The number of carboxylic acid groups (broad SMARTS) is 1. The molecule has 0 amide bonds. The monoisotopic (exact) mass is 281 g/mol. The first-order chi connectivity index (χ1) is 8.70. The van der Waals surface area contributed by atoms with E-state index in [1.165, 1.54) is 21.1 Å². The fourth-order valence-electron chi connectivity index (χ4n) is 1.69. The van der Waals surface area contributed by atoms with Crippen LogP contribution >= 0.6 is 22.7 Å². The average molecular weight is 281 g/mol. The van der Waals surface area contributed by atoms with E-state index in [4.69, 9.17) is 5.11 Å². The van der Waals surface area contributed by atoms with E-state index >= 15 is 0 Å². The van der Waals surface area contributed by atoms with Gasteiger partial charge in [0.05, 0.1) is 0 Å². The number of thiophene rings is 2. The Morgan fingerprint density at radius 3 is 2.72 bits per heavy atom. The lowest BCUT2D eigenvalue weighted by molar-refractivity contribution is 0.0701. The standard InChI is InChI=1S/C13H15NO2S2/c1-2-10-3-4-11(18-10)8-14-7-9-5-6-17-12(9)13(15)16/h3-6,14H,2,7-8H2,1H3,(H,15,16). The Labute approximate surface area is 114 Å². The Bertz CT molecular complexity index is 531. The molecule has 2 N–H and O–H groups in total. The molecule has 0 bridgehead atoms. The minimum absolute atomic E-state index is 0.433. The highest BCUT2D eigenvalue weighted by molar-refractivity contribution is 7.12. The second-order valence-corrected chi connectivity index (χ2v) is 6.07. The molecule has 0 aliphatic carbocycles. The average Bonchev–Trinajstić information content (AvgIpc) is 2.97. The number of hydrogen-bond acceptors (Lipinski definition) is 4. The van der Waals surface area contributed by atoms with Crippen molar-refractivity contribution in [1.29, 1.82) is 0 Å². The summed E-state index contributed by atoms with van der Waals surface area (Å²) >= 11 is 3.08. The Balaban J connectivity index is 1.88. The molecule has 2 heterocycles. The van der Waals surface area contributed by atoms with Crippen molar-refractivity contribution in [2.75, 3.05) is 0 Å². The van der Waals surface area contributed by atoms with Crippen molar-refractivity contribution in [3.63, 3.8) is 0 Å². The smallest absolute Gasteiger partial charge is 0.346 e. The summed E-state index contributed by atoms with van der Waals surface area (Å²) in [6.07, 6.45) is 1.07. The summed E-state index contributed by atoms with van der Waals surface area (Å²) in [5.41, 5.74) is 0.861. The highest BCUT2D eigenvalue weighted by Crippen LogP contribution is 2.18. The predicted molar refractivity (Wildman–Crippen MR) is 75.5 cm³/mol. The van der Waals surface area contributed by atoms with Gasteiger partial charge in [0.25, 0.3) is 0 Å². The van der Waals surface area contributed by atoms with Gasteiger partial charge in [0, 0.05) is 22.8 Å². The maximum absolute atomic E-state index is 10.9. The van der Waals surface area contributed by atoms with E-state index in [9.17, 15) is 4.79 Å². The molecule has 0 aliphatic heterocycles. The molecular weight excluding hydrogens is 266 g/mol. The molecule has 96 valence electrons. The Morgan fingerprint density at radius 2 is 2.06 bits per heavy atom. The van der Waals surface area contributed by atoms with Crippen LogP contribution in [-0.4, -0.2) is 11.1 Å². The zero-order chi connectivity index (χ0) is 13.0. The van der Waals surface area contributed by atoms with Crippen molar-refractivity contribution in [2.45, 2.75) is 26.4 Å². The summed E-state index contributed by atoms with van der Waals surface area (Å²) in [4.78, 5) is 14.0. The van der Waals surface area contributed by atoms with Crippen LogP contribution in [0.1, 0.15) is 31.9 Å². The number of rotatable bonds is 6. The number of carbonyl (C=O) groups is 1. The molecule has 0 spiro atoms. The molecule has 2 aromatic heterocycles. The molecule has 0 atom stereocenters. The Hall–Kier alpha value is -1.17. The van der Waals surface area contributed by atoms with Gasteiger partial charge >= 0.3 is 5.97 Å². The summed E-state index contributed by atoms with van der Waals surface area (Å²) in [6.45, 7) is 3.54. The number of nitrogens with one attached hydrogen (secondary N) is 1. The predicted octanol–water partition coefficient (Wildman–Crippen LogP) is 3.36. The SMILES string of the molecule is CCc1ccc(CNCc2ccsc2C(=O)O)s1. The lowest BCUT2D eigenvalue weighted by atomic mass is 10.2. The van der Waals surface area contributed by atoms with Gasteiger partial charge in [-0.3, -0.25) is 0 Å². The zero-order valence-electron chi connectivity index (χ0n) is 10.1. The molecule has 18 heavy (non-hydrogen) atoms. The highest BCUT2D eigenvalue weighted by atomic mass is 32.1. The van der Waals surface area contributed by atoms with Gasteiger partial charge in [0.1, 0.15) is 4.88 Å². The van der Waals surface area contributed by atoms with E-state index in [1.54, 1.807) is 11.3 Å². The molecule has 0 aromatic carbocycles. The van der Waals surface area contributed by atoms with Gasteiger partial charge in [0.15, 0.2) is 0 Å². The molecule has 0 saturated heterocycles. The van der Waals surface area contributed by atoms with Crippen molar-refractivity contribution in [3.05, 3.63) is 43.8 Å². The molecule has 0 aliphatic rings. The summed E-state index contributed by atoms with van der Waals surface area (Å²) in [7, 11) is 0. The van der Waals surface area contributed by atoms with Gasteiger partial charge in [-0.1, -0.05) is 6.92 Å². The van der Waals surface area contributed by atoms with Gasteiger partial charge in [-0.05, 0) is 35.6 Å². The van der Waals surface area contributed by atoms with Crippen LogP contribution in [0.3, 0.4) is 0 Å². The van der Waals surface area contributed by atoms with Crippen molar-refractivity contribution in [1.82, 2.24) is 5.32 Å². The normalized spacial score (nSPS) is 10.7. The molecule has 0 unspecified atom stereocenters. The quantitative estimate of drug-likeness (QED) is 0.853. The Kier molecular flexibility index (Phi) is 4.52. The molecule has 2 aromatic rings. The maximum Gasteiger partial charge on any atom is 0.346 e. The molecule has 0 saturated carbocycles. The summed E-state index contributed by atoms with van der Waals surface area (Å²) in [6, 6.07) is 6.14. The summed E-state index contributed by atoms with van der Waals surface area (Å²) in [5.74, 6) is -0.841. The van der Waals surface area contributed by atoms with Crippen molar-refractivity contribution in [3.8, 4) is 0 Å².